The predicted molar refractivity (Wildman–Crippen MR) is 77.8 cm³/mol. The topological polar surface area (TPSA) is 54.6 Å². The first kappa shape index (κ1) is 14.6. The Kier molecular flexibility index (Phi) is 5.21. The van der Waals surface area contributed by atoms with Gasteiger partial charge in [0, 0.05) is 6.54 Å². The van der Waals surface area contributed by atoms with E-state index in [1.165, 1.54) is 5.56 Å². The van der Waals surface area contributed by atoms with E-state index in [-0.39, 0.29) is 6.61 Å². The van der Waals surface area contributed by atoms with Crippen molar-refractivity contribution in [2.75, 3.05) is 13.2 Å². The van der Waals surface area contributed by atoms with E-state index in [9.17, 15) is 5.11 Å². The van der Waals surface area contributed by atoms with Crippen molar-refractivity contribution in [3.8, 4) is 5.75 Å². The Balaban J connectivity index is 1.70. The van der Waals surface area contributed by atoms with E-state index in [2.05, 4.69) is 11.4 Å². The smallest absolute Gasteiger partial charge is 0.122 e. The van der Waals surface area contributed by atoms with Crippen molar-refractivity contribution in [2.45, 2.75) is 26.5 Å². The second-order valence-corrected chi connectivity index (χ2v) is 4.94. The fourth-order valence-electron chi connectivity index (χ4n) is 1.98. The second kappa shape index (κ2) is 7.12. The molecule has 0 amide bonds. The lowest BCUT2D eigenvalue weighted by atomic mass is 10.1. The zero-order valence-corrected chi connectivity index (χ0v) is 11.9. The van der Waals surface area contributed by atoms with Crippen LogP contribution in [0.4, 0.5) is 0 Å². The van der Waals surface area contributed by atoms with Gasteiger partial charge in [-0.25, -0.2) is 0 Å². The summed E-state index contributed by atoms with van der Waals surface area (Å²) in [6.45, 7) is 5.39. The standard InChI is InChI=1S/C16H21NO3/c1-12-5-6-16(13(2)8-12)20-11-14(18)9-17-10-15-4-3-7-19-15/h3-8,14,17-18H,9-11H2,1-2H3. The van der Waals surface area contributed by atoms with Gasteiger partial charge in [0.25, 0.3) is 0 Å². The average Bonchev–Trinajstić information content (AvgIpc) is 2.91. The summed E-state index contributed by atoms with van der Waals surface area (Å²) in [5, 5.41) is 13.0. The van der Waals surface area contributed by atoms with E-state index >= 15 is 0 Å². The molecule has 20 heavy (non-hydrogen) atoms. The molecule has 2 rings (SSSR count). The molecule has 1 aromatic carbocycles. The third-order valence-electron chi connectivity index (χ3n) is 3.02. The van der Waals surface area contributed by atoms with Crippen LogP contribution in [-0.4, -0.2) is 24.4 Å². The van der Waals surface area contributed by atoms with Crippen LogP contribution < -0.4 is 10.1 Å². The average molecular weight is 275 g/mol. The van der Waals surface area contributed by atoms with Crippen molar-refractivity contribution >= 4 is 0 Å². The minimum atomic E-state index is -0.550. The molecule has 1 aromatic heterocycles. The molecule has 0 radical (unpaired) electrons. The van der Waals surface area contributed by atoms with E-state index in [0.717, 1.165) is 17.1 Å². The molecule has 2 aromatic rings. The zero-order chi connectivity index (χ0) is 14.4. The SMILES string of the molecule is Cc1ccc(OCC(O)CNCc2ccco2)c(C)c1. The van der Waals surface area contributed by atoms with E-state index in [1.807, 2.05) is 38.1 Å². The summed E-state index contributed by atoms with van der Waals surface area (Å²) in [6.07, 6.45) is 1.09. The number of benzene rings is 1. The number of rotatable bonds is 7. The molecule has 0 saturated carbocycles. The monoisotopic (exact) mass is 275 g/mol. The fourth-order valence-corrected chi connectivity index (χ4v) is 1.98. The minimum absolute atomic E-state index is 0.273. The summed E-state index contributed by atoms with van der Waals surface area (Å²) in [5.41, 5.74) is 2.29. The Morgan fingerprint density at radius 2 is 2.15 bits per heavy atom. The van der Waals surface area contributed by atoms with Crippen molar-refractivity contribution in [3.63, 3.8) is 0 Å². The molecule has 108 valence electrons. The van der Waals surface area contributed by atoms with Gasteiger partial charge >= 0.3 is 0 Å². The lowest BCUT2D eigenvalue weighted by Gasteiger charge is -2.14. The van der Waals surface area contributed by atoms with Crippen molar-refractivity contribution in [1.82, 2.24) is 5.32 Å². The molecule has 2 N–H and O–H groups in total. The summed E-state index contributed by atoms with van der Waals surface area (Å²) in [6, 6.07) is 9.75. The number of hydrogen-bond donors (Lipinski definition) is 2. The van der Waals surface area contributed by atoms with E-state index in [0.29, 0.717) is 13.1 Å². The highest BCUT2D eigenvalue weighted by atomic mass is 16.5. The van der Waals surface area contributed by atoms with Crippen molar-refractivity contribution in [1.29, 1.82) is 0 Å². The molecule has 0 spiro atoms. The van der Waals surface area contributed by atoms with Gasteiger partial charge in [0.15, 0.2) is 0 Å². The molecule has 0 aliphatic rings. The molecule has 0 aliphatic carbocycles. The first-order chi connectivity index (χ1) is 9.65. The van der Waals surface area contributed by atoms with E-state index in [4.69, 9.17) is 9.15 Å². The van der Waals surface area contributed by atoms with E-state index in [1.54, 1.807) is 6.26 Å². The lowest BCUT2D eigenvalue weighted by Crippen LogP contribution is -2.31. The van der Waals surface area contributed by atoms with Gasteiger partial charge in [-0.15, -0.1) is 0 Å². The van der Waals surface area contributed by atoms with Crippen LogP contribution in [0.15, 0.2) is 41.0 Å². The van der Waals surface area contributed by atoms with Crippen LogP contribution in [-0.2, 0) is 6.54 Å². The highest BCUT2D eigenvalue weighted by Gasteiger charge is 2.07. The van der Waals surface area contributed by atoms with Crippen LogP contribution >= 0.6 is 0 Å². The number of aliphatic hydroxyl groups excluding tert-OH is 1. The Labute approximate surface area is 119 Å². The normalized spacial score (nSPS) is 12.3. The lowest BCUT2D eigenvalue weighted by molar-refractivity contribution is 0.105. The van der Waals surface area contributed by atoms with Crippen LogP contribution in [0, 0.1) is 13.8 Å². The molecule has 1 unspecified atom stereocenters. The first-order valence-corrected chi connectivity index (χ1v) is 6.76. The number of aliphatic hydroxyl groups is 1. The van der Waals surface area contributed by atoms with Crippen molar-refractivity contribution in [3.05, 3.63) is 53.5 Å². The van der Waals surface area contributed by atoms with E-state index < -0.39 is 6.10 Å². The van der Waals surface area contributed by atoms with Gasteiger partial charge in [-0.05, 0) is 37.6 Å². The van der Waals surface area contributed by atoms with Crippen LogP contribution in [0.25, 0.3) is 0 Å². The largest absolute Gasteiger partial charge is 0.491 e. The van der Waals surface area contributed by atoms with Gasteiger partial charge in [0.05, 0.1) is 12.8 Å². The number of furan rings is 1. The first-order valence-electron chi connectivity index (χ1n) is 6.76. The Bertz CT molecular complexity index is 523. The Hall–Kier alpha value is -1.78. The Morgan fingerprint density at radius 3 is 2.85 bits per heavy atom. The molecular weight excluding hydrogens is 254 g/mol. The summed E-state index contributed by atoms with van der Waals surface area (Å²) in [5.74, 6) is 1.67. The minimum Gasteiger partial charge on any atom is -0.491 e. The van der Waals surface area contributed by atoms with Crippen molar-refractivity contribution in [2.24, 2.45) is 0 Å². The van der Waals surface area contributed by atoms with Crippen LogP contribution in [0.3, 0.4) is 0 Å². The molecule has 0 bridgehead atoms. The van der Waals surface area contributed by atoms with Gasteiger partial charge in [-0.2, -0.15) is 0 Å². The second-order valence-electron chi connectivity index (χ2n) is 4.94. The molecule has 4 nitrogen and oxygen atoms in total. The fraction of sp³-hybridized carbons (Fsp3) is 0.375. The summed E-state index contributed by atoms with van der Waals surface area (Å²) >= 11 is 0. The van der Waals surface area contributed by atoms with Crippen molar-refractivity contribution < 1.29 is 14.3 Å². The summed E-state index contributed by atoms with van der Waals surface area (Å²) in [7, 11) is 0. The maximum atomic E-state index is 9.87. The van der Waals surface area contributed by atoms with Crippen LogP contribution in [0.1, 0.15) is 16.9 Å². The highest BCUT2D eigenvalue weighted by Crippen LogP contribution is 2.18. The van der Waals surface area contributed by atoms with Gasteiger partial charge in [-0.1, -0.05) is 17.7 Å². The third-order valence-corrected chi connectivity index (χ3v) is 3.02. The highest BCUT2D eigenvalue weighted by molar-refractivity contribution is 5.35. The molecular formula is C16H21NO3. The molecule has 0 aliphatic heterocycles. The van der Waals surface area contributed by atoms with Gasteiger partial charge in [-0.3, -0.25) is 0 Å². The number of ether oxygens (including phenoxy) is 1. The predicted octanol–water partition coefficient (Wildman–Crippen LogP) is 2.43. The van der Waals surface area contributed by atoms with Gasteiger partial charge in [0.1, 0.15) is 24.2 Å². The number of nitrogens with one attached hydrogen (secondary N) is 1. The van der Waals surface area contributed by atoms with Crippen LogP contribution in [0.2, 0.25) is 0 Å². The molecule has 0 fully saturated rings. The molecule has 1 atom stereocenters. The summed E-state index contributed by atoms with van der Waals surface area (Å²) < 4.78 is 10.8. The van der Waals surface area contributed by atoms with Gasteiger partial charge < -0.3 is 19.6 Å². The molecule has 1 heterocycles. The maximum absolute atomic E-state index is 9.87. The van der Waals surface area contributed by atoms with Crippen LogP contribution in [0.5, 0.6) is 5.75 Å². The zero-order valence-electron chi connectivity index (χ0n) is 11.9. The summed E-state index contributed by atoms with van der Waals surface area (Å²) in [4.78, 5) is 0. The van der Waals surface area contributed by atoms with Gasteiger partial charge in [0.2, 0.25) is 0 Å². The molecule has 0 saturated heterocycles. The number of aryl methyl sites for hydroxylation is 2. The molecule has 4 heteroatoms. The maximum Gasteiger partial charge on any atom is 0.122 e. The number of hydrogen-bond acceptors (Lipinski definition) is 4. The Morgan fingerprint density at radius 1 is 1.30 bits per heavy atom. The quantitative estimate of drug-likeness (QED) is 0.815. The third kappa shape index (κ3) is 4.40.